The third-order valence-electron chi connectivity index (χ3n) is 2.62. The van der Waals surface area contributed by atoms with Crippen molar-refractivity contribution in [2.24, 2.45) is 5.73 Å². The molecule has 0 bridgehead atoms. The van der Waals surface area contributed by atoms with E-state index in [-0.39, 0.29) is 19.1 Å². The fourth-order valence-electron chi connectivity index (χ4n) is 1.72. The number of hydrogen-bond acceptors (Lipinski definition) is 4. The number of aliphatic hydroxyl groups excluding tert-OH is 1. The molecule has 0 fully saturated rings. The quantitative estimate of drug-likeness (QED) is 0.766. The summed E-state index contributed by atoms with van der Waals surface area (Å²) in [6.07, 6.45) is 0. The Bertz CT molecular complexity index is 394. The number of benzene rings is 1. The van der Waals surface area contributed by atoms with Crippen LogP contribution in [0.25, 0.3) is 0 Å². The molecule has 1 atom stereocenters. The second-order valence-corrected chi connectivity index (χ2v) is 4.08. The van der Waals surface area contributed by atoms with E-state index in [1.54, 1.807) is 14.0 Å². The highest BCUT2D eigenvalue weighted by Gasteiger charge is 2.18. The van der Waals surface area contributed by atoms with Crippen LogP contribution in [0.4, 0.5) is 0 Å². The number of nitrogens with zero attached hydrogens (tertiary/aromatic N) is 1. The third-order valence-corrected chi connectivity index (χ3v) is 2.62. The first-order valence-corrected chi connectivity index (χ1v) is 5.87. The largest absolute Gasteiger partial charge is 0.496 e. The number of aliphatic hydroxyl groups is 1. The maximum Gasteiger partial charge on any atom is 0.239 e. The van der Waals surface area contributed by atoms with Crippen LogP contribution in [-0.2, 0) is 11.3 Å². The Morgan fingerprint density at radius 2 is 2.17 bits per heavy atom. The highest BCUT2D eigenvalue weighted by molar-refractivity contribution is 5.81. The van der Waals surface area contributed by atoms with Crippen LogP contribution < -0.4 is 10.5 Å². The van der Waals surface area contributed by atoms with Gasteiger partial charge in [-0.3, -0.25) is 4.79 Å². The van der Waals surface area contributed by atoms with Crippen LogP contribution in [-0.4, -0.2) is 42.2 Å². The van der Waals surface area contributed by atoms with E-state index in [1.165, 1.54) is 4.90 Å². The maximum atomic E-state index is 11.9. The van der Waals surface area contributed by atoms with E-state index < -0.39 is 6.04 Å². The molecule has 0 heterocycles. The van der Waals surface area contributed by atoms with Crippen molar-refractivity contribution in [2.45, 2.75) is 19.5 Å². The van der Waals surface area contributed by atoms with Crippen molar-refractivity contribution in [3.8, 4) is 5.75 Å². The normalized spacial score (nSPS) is 12.0. The molecule has 3 N–H and O–H groups in total. The van der Waals surface area contributed by atoms with Gasteiger partial charge in [-0.25, -0.2) is 0 Å². The van der Waals surface area contributed by atoms with E-state index in [1.807, 2.05) is 24.3 Å². The molecule has 0 aliphatic carbocycles. The van der Waals surface area contributed by atoms with Crippen LogP contribution in [0.2, 0.25) is 0 Å². The highest BCUT2D eigenvalue weighted by atomic mass is 16.5. The molecule has 0 aliphatic rings. The van der Waals surface area contributed by atoms with Crippen molar-refractivity contribution in [3.63, 3.8) is 0 Å². The monoisotopic (exact) mass is 252 g/mol. The Labute approximate surface area is 107 Å². The molecule has 0 unspecified atom stereocenters. The van der Waals surface area contributed by atoms with Gasteiger partial charge < -0.3 is 20.5 Å². The number of amides is 1. The highest BCUT2D eigenvalue weighted by Crippen LogP contribution is 2.19. The Morgan fingerprint density at radius 3 is 2.72 bits per heavy atom. The molecule has 1 aromatic rings. The lowest BCUT2D eigenvalue weighted by atomic mass is 10.1. The second kappa shape index (κ2) is 6.98. The Hall–Kier alpha value is -1.59. The molecule has 1 amide bonds. The van der Waals surface area contributed by atoms with Gasteiger partial charge in [-0.1, -0.05) is 18.2 Å². The number of hydrogen-bond donors (Lipinski definition) is 2. The van der Waals surface area contributed by atoms with Gasteiger partial charge in [0.15, 0.2) is 0 Å². The van der Waals surface area contributed by atoms with Gasteiger partial charge in [0, 0.05) is 18.7 Å². The molecule has 0 saturated carbocycles. The topological polar surface area (TPSA) is 75.8 Å². The first kappa shape index (κ1) is 14.5. The lowest BCUT2D eigenvalue weighted by Crippen LogP contribution is -2.43. The van der Waals surface area contributed by atoms with E-state index in [0.29, 0.717) is 6.54 Å². The summed E-state index contributed by atoms with van der Waals surface area (Å²) in [5, 5.41) is 9.01. The Morgan fingerprint density at radius 1 is 1.50 bits per heavy atom. The number of nitrogens with two attached hydrogens (primary N) is 1. The summed E-state index contributed by atoms with van der Waals surface area (Å²) in [4.78, 5) is 13.4. The van der Waals surface area contributed by atoms with Crippen molar-refractivity contribution in [3.05, 3.63) is 29.8 Å². The van der Waals surface area contributed by atoms with Gasteiger partial charge in [0.2, 0.25) is 5.91 Å². The molecule has 1 rings (SSSR count). The van der Waals surface area contributed by atoms with Crippen LogP contribution in [0.5, 0.6) is 5.75 Å². The van der Waals surface area contributed by atoms with Crippen LogP contribution in [0.3, 0.4) is 0 Å². The number of ether oxygens (including phenoxy) is 1. The van der Waals surface area contributed by atoms with E-state index in [4.69, 9.17) is 15.6 Å². The van der Waals surface area contributed by atoms with Crippen LogP contribution >= 0.6 is 0 Å². The summed E-state index contributed by atoms with van der Waals surface area (Å²) < 4.78 is 5.23. The first-order chi connectivity index (χ1) is 8.60. The van der Waals surface area contributed by atoms with Gasteiger partial charge >= 0.3 is 0 Å². The van der Waals surface area contributed by atoms with Crippen LogP contribution in [0, 0.1) is 0 Å². The molecule has 0 saturated heterocycles. The van der Waals surface area contributed by atoms with Crippen LogP contribution in [0.15, 0.2) is 24.3 Å². The summed E-state index contributed by atoms with van der Waals surface area (Å²) in [6.45, 7) is 2.19. The number of carbonyl (C=O) groups excluding carboxylic acids is 1. The molecule has 0 aliphatic heterocycles. The molecule has 0 radical (unpaired) electrons. The summed E-state index contributed by atoms with van der Waals surface area (Å²) in [5.74, 6) is 0.535. The molecule has 100 valence electrons. The van der Waals surface area contributed by atoms with Crippen molar-refractivity contribution in [1.82, 2.24) is 4.90 Å². The SMILES string of the molecule is COc1ccccc1CN(CCO)C(=O)[C@H](C)N. The maximum absolute atomic E-state index is 11.9. The standard InChI is InChI=1S/C13H20N2O3/c1-10(14)13(17)15(7-8-16)9-11-5-3-4-6-12(11)18-2/h3-6,10,16H,7-9,14H2,1-2H3/t10-/m0/s1. The predicted octanol–water partition coefficient (Wildman–Crippen LogP) is 0.363. The van der Waals surface area contributed by atoms with Crippen LogP contribution in [0.1, 0.15) is 12.5 Å². The second-order valence-electron chi connectivity index (χ2n) is 4.08. The van der Waals surface area contributed by atoms with Gasteiger partial charge in [0.25, 0.3) is 0 Å². The number of rotatable bonds is 6. The average Bonchev–Trinajstić information content (AvgIpc) is 2.37. The van der Waals surface area contributed by atoms with Gasteiger partial charge in [-0.2, -0.15) is 0 Å². The van der Waals surface area contributed by atoms with Crippen molar-refractivity contribution >= 4 is 5.91 Å². The summed E-state index contributed by atoms with van der Waals surface area (Å²) in [7, 11) is 1.59. The fourth-order valence-corrected chi connectivity index (χ4v) is 1.72. The van der Waals surface area contributed by atoms with E-state index in [2.05, 4.69) is 0 Å². The summed E-state index contributed by atoms with van der Waals surface area (Å²) >= 11 is 0. The summed E-state index contributed by atoms with van der Waals surface area (Å²) in [5.41, 5.74) is 6.48. The zero-order chi connectivity index (χ0) is 13.5. The number of carbonyl (C=O) groups is 1. The Kier molecular flexibility index (Phi) is 5.61. The van der Waals surface area contributed by atoms with E-state index in [9.17, 15) is 4.79 Å². The third kappa shape index (κ3) is 3.72. The minimum absolute atomic E-state index is 0.0897. The molecule has 0 spiro atoms. The van der Waals surface area contributed by atoms with E-state index >= 15 is 0 Å². The minimum atomic E-state index is -0.578. The van der Waals surface area contributed by atoms with Crippen molar-refractivity contribution in [1.29, 1.82) is 0 Å². The first-order valence-electron chi connectivity index (χ1n) is 5.87. The molecule has 0 aromatic heterocycles. The lowest BCUT2D eigenvalue weighted by Gasteiger charge is -2.24. The zero-order valence-corrected chi connectivity index (χ0v) is 10.8. The number of para-hydroxylation sites is 1. The van der Waals surface area contributed by atoms with E-state index in [0.717, 1.165) is 11.3 Å². The molecular formula is C13H20N2O3. The molecule has 18 heavy (non-hydrogen) atoms. The Balaban J connectivity index is 2.86. The zero-order valence-electron chi connectivity index (χ0n) is 10.8. The van der Waals surface area contributed by atoms with Gasteiger partial charge in [0.05, 0.1) is 19.8 Å². The average molecular weight is 252 g/mol. The van der Waals surface area contributed by atoms with Gasteiger partial charge in [0.1, 0.15) is 5.75 Å². The molecule has 5 heteroatoms. The lowest BCUT2D eigenvalue weighted by molar-refractivity contribution is -0.133. The number of methoxy groups -OCH3 is 1. The van der Waals surface area contributed by atoms with Crippen molar-refractivity contribution in [2.75, 3.05) is 20.3 Å². The minimum Gasteiger partial charge on any atom is -0.496 e. The van der Waals surface area contributed by atoms with Crippen molar-refractivity contribution < 1.29 is 14.6 Å². The summed E-state index contributed by atoms with van der Waals surface area (Å²) in [6, 6.07) is 6.89. The predicted molar refractivity (Wildman–Crippen MR) is 69.1 cm³/mol. The molecule has 1 aromatic carbocycles. The molecule has 5 nitrogen and oxygen atoms in total. The van der Waals surface area contributed by atoms with Gasteiger partial charge in [-0.05, 0) is 13.0 Å². The molecular weight excluding hydrogens is 232 g/mol. The fraction of sp³-hybridized carbons (Fsp3) is 0.462. The smallest absolute Gasteiger partial charge is 0.239 e. The van der Waals surface area contributed by atoms with Gasteiger partial charge in [-0.15, -0.1) is 0 Å².